The van der Waals surface area contributed by atoms with Crippen LogP contribution in [0.15, 0.2) is 35.4 Å². The van der Waals surface area contributed by atoms with Crippen molar-refractivity contribution < 1.29 is 23.0 Å². The summed E-state index contributed by atoms with van der Waals surface area (Å²) in [5.74, 6) is 0. The van der Waals surface area contributed by atoms with Crippen LogP contribution >= 0.6 is 0 Å². The number of hydrogen-bond donors (Lipinski definition) is 2. The maximum Gasteiger partial charge on any atom is 0.175 e. The molecule has 2 aromatic rings. The van der Waals surface area contributed by atoms with E-state index >= 15 is 0 Å². The summed E-state index contributed by atoms with van der Waals surface area (Å²) in [6.45, 7) is 1.57. The molecule has 0 amide bonds. The molecule has 0 aliphatic carbocycles. The molecule has 1 fully saturated rings. The quantitative estimate of drug-likeness (QED) is 0.627. The van der Waals surface area contributed by atoms with E-state index < -0.39 is 15.9 Å². The fraction of sp³-hybridized carbons (Fsp3) is 0.529. The first kappa shape index (κ1) is 19.9. The van der Waals surface area contributed by atoms with Gasteiger partial charge >= 0.3 is 0 Å². The van der Waals surface area contributed by atoms with Crippen molar-refractivity contribution in [2.24, 2.45) is 0 Å². The lowest BCUT2D eigenvalue weighted by atomic mass is 10.1. The molecule has 0 unspecified atom stereocenters. The van der Waals surface area contributed by atoms with Crippen LogP contribution in [-0.2, 0) is 39.0 Å². The van der Waals surface area contributed by atoms with Crippen LogP contribution in [0.25, 0.3) is 0 Å². The number of aromatic nitrogens is 3. The Kier molecular flexibility index (Phi) is 6.22. The fourth-order valence-corrected chi connectivity index (χ4v) is 3.66. The minimum Gasteiger partial charge on any atom is -0.389 e. The maximum absolute atomic E-state index is 11.5. The van der Waals surface area contributed by atoms with Gasteiger partial charge in [-0.25, -0.2) is 13.1 Å². The summed E-state index contributed by atoms with van der Waals surface area (Å²) >= 11 is 0. The average molecular weight is 396 g/mol. The number of methoxy groups -OCH3 is 1. The first-order valence-electron chi connectivity index (χ1n) is 8.57. The van der Waals surface area contributed by atoms with Crippen LogP contribution in [-0.4, -0.2) is 66.7 Å². The minimum atomic E-state index is -3.21. The van der Waals surface area contributed by atoms with Gasteiger partial charge in [-0.15, -0.1) is 5.10 Å². The summed E-state index contributed by atoms with van der Waals surface area (Å²) in [5, 5.41) is 21.6. The molecule has 148 valence electrons. The number of sulfone groups is 1. The van der Waals surface area contributed by atoms with E-state index in [0.29, 0.717) is 19.7 Å². The van der Waals surface area contributed by atoms with Gasteiger partial charge in [0.25, 0.3) is 0 Å². The number of aliphatic hydroxyl groups is 1. The zero-order valence-electron chi connectivity index (χ0n) is 15.3. The third-order valence-corrected chi connectivity index (χ3v) is 5.56. The highest BCUT2D eigenvalue weighted by Crippen LogP contribution is 2.18. The molecule has 0 bridgehead atoms. The van der Waals surface area contributed by atoms with Crippen molar-refractivity contribution in [1.29, 1.82) is 0 Å². The maximum atomic E-state index is 11.5. The lowest BCUT2D eigenvalue weighted by Gasteiger charge is -2.21. The van der Waals surface area contributed by atoms with E-state index in [-0.39, 0.29) is 23.6 Å². The van der Waals surface area contributed by atoms with Crippen molar-refractivity contribution in [2.75, 3.05) is 20.0 Å². The van der Waals surface area contributed by atoms with Gasteiger partial charge in [0.05, 0.1) is 49.1 Å². The summed E-state index contributed by atoms with van der Waals surface area (Å²) in [5.41, 5.74) is 1.65. The van der Waals surface area contributed by atoms with Gasteiger partial charge in [0, 0.05) is 19.9 Å². The van der Waals surface area contributed by atoms with Crippen molar-refractivity contribution in [3.63, 3.8) is 0 Å². The van der Waals surface area contributed by atoms with Crippen molar-refractivity contribution >= 4 is 9.84 Å². The highest BCUT2D eigenvalue weighted by Gasteiger charge is 2.36. The number of rotatable bonds is 8. The van der Waals surface area contributed by atoms with Crippen LogP contribution in [0, 0.1) is 0 Å². The van der Waals surface area contributed by atoms with Crippen LogP contribution in [0.4, 0.5) is 0 Å². The average Bonchev–Trinajstić information content (AvgIpc) is 3.20. The summed E-state index contributed by atoms with van der Waals surface area (Å²) < 4.78 is 35.4. The van der Waals surface area contributed by atoms with E-state index in [2.05, 4.69) is 15.6 Å². The Morgan fingerprint density at radius 1 is 1.37 bits per heavy atom. The van der Waals surface area contributed by atoms with Gasteiger partial charge in [0.1, 0.15) is 5.69 Å². The summed E-state index contributed by atoms with van der Waals surface area (Å²) in [6, 6.07) is 6.41. The Hall–Kier alpha value is -1.85. The second-order valence-electron chi connectivity index (χ2n) is 6.63. The number of hydrogen-bond acceptors (Lipinski definition) is 8. The lowest BCUT2D eigenvalue weighted by Crippen LogP contribution is -2.45. The standard InChI is InChI=1S/C17H24N4O5S/c1-25-10-13-8-21(20-19-13)9-16-17(15(22)11-26-16)18-7-12-3-5-14(6-4-12)27(2,23)24/h3-6,8,15-18,22H,7,9-11H2,1-2H3/t15-,16+,17+/m0/s1. The van der Waals surface area contributed by atoms with Gasteiger partial charge in [-0.05, 0) is 17.7 Å². The van der Waals surface area contributed by atoms with E-state index in [1.54, 1.807) is 42.3 Å². The molecular weight excluding hydrogens is 372 g/mol. The molecule has 1 aromatic carbocycles. The predicted molar refractivity (Wildman–Crippen MR) is 96.7 cm³/mol. The third-order valence-electron chi connectivity index (χ3n) is 4.43. The number of aliphatic hydroxyl groups excluding tert-OH is 1. The molecule has 0 spiro atoms. The zero-order chi connectivity index (χ0) is 19.4. The lowest BCUT2D eigenvalue weighted by molar-refractivity contribution is 0.0741. The summed E-state index contributed by atoms with van der Waals surface area (Å²) in [7, 11) is -1.61. The zero-order valence-corrected chi connectivity index (χ0v) is 16.1. The van der Waals surface area contributed by atoms with E-state index in [4.69, 9.17) is 9.47 Å². The molecule has 10 heteroatoms. The Bertz CT molecular complexity index is 852. The minimum absolute atomic E-state index is 0.245. The van der Waals surface area contributed by atoms with Crippen molar-refractivity contribution in [3.05, 3.63) is 41.7 Å². The SMILES string of the molecule is COCc1cn(C[C@H]2OC[C@H](O)[C@H]2NCc2ccc(S(C)(=O)=O)cc2)nn1. The van der Waals surface area contributed by atoms with E-state index in [1.165, 1.54) is 6.26 Å². The van der Waals surface area contributed by atoms with Crippen LogP contribution in [0.3, 0.4) is 0 Å². The van der Waals surface area contributed by atoms with E-state index in [0.717, 1.165) is 11.3 Å². The number of nitrogens with one attached hydrogen (secondary N) is 1. The molecular formula is C17H24N4O5S. The second-order valence-corrected chi connectivity index (χ2v) is 8.64. The molecule has 1 aromatic heterocycles. The Morgan fingerprint density at radius 2 is 2.11 bits per heavy atom. The first-order valence-corrected chi connectivity index (χ1v) is 10.5. The normalized spacial score (nSPS) is 23.0. The van der Waals surface area contributed by atoms with Crippen LogP contribution in [0.2, 0.25) is 0 Å². The Labute approximate surface area is 158 Å². The van der Waals surface area contributed by atoms with Crippen LogP contribution in [0.5, 0.6) is 0 Å². The van der Waals surface area contributed by atoms with Gasteiger partial charge in [0.2, 0.25) is 0 Å². The molecule has 9 nitrogen and oxygen atoms in total. The van der Waals surface area contributed by atoms with Gasteiger partial charge in [-0.1, -0.05) is 17.3 Å². The molecule has 3 atom stereocenters. The molecule has 1 aliphatic heterocycles. The van der Waals surface area contributed by atoms with Crippen molar-refractivity contribution in [1.82, 2.24) is 20.3 Å². The number of ether oxygens (including phenoxy) is 2. The monoisotopic (exact) mass is 396 g/mol. The first-order chi connectivity index (χ1) is 12.9. The predicted octanol–water partition coefficient (Wildman–Crippen LogP) is -0.254. The molecule has 2 N–H and O–H groups in total. The Balaban J connectivity index is 1.60. The highest BCUT2D eigenvalue weighted by atomic mass is 32.2. The number of nitrogens with zero attached hydrogens (tertiary/aromatic N) is 3. The van der Waals surface area contributed by atoms with Gasteiger partial charge in [-0.2, -0.15) is 0 Å². The molecule has 3 rings (SSSR count). The molecule has 0 saturated carbocycles. The topological polar surface area (TPSA) is 116 Å². The number of benzene rings is 1. The Morgan fingerprint density at radius 3 is 2.78 bits per heavy atom. The van der Waals surface area contributed by atoms with Gasteiger partial charge in [0.15, 0.2) is 9.84 Å². The fourth-order valence-electron chi connectivity index (χ4n) is 3.03. The van der Waals surface area contributed by atoms with Crippen molar-refractivity contribution in [3.8, 4) is 0 Å². The molecule has 0 radical (unpaired) electrons. The molecule has 2 heterocycles. The van der Waals surface area contributed by atoms with Crippen LogP contribution < -0.4 is 5.32 Å². The van der Waals surface area contributed by atoms with Crippen LogP contribution in [0.1, 0.15) is 11.3 Å². The summed E-state index contributed by atoms with van der Waals surface area (Å²) in [4.78, 5) is 0.284. The van der Waals surface area contributed by atoms with Gasteiger partial charge < -0.3 is 19.9 Å². The van der Waals surface area contributed by atoms with E-state index in [9.17, 15) is 13.5 Å². The molecule has 27 heavy (non-hydrogen) atoms. The molecule has 1 saturated heterocycles. The second kappa shape index (κ2) is 8.44. The van der Waals surface area contributed by atoms with E-state index in [1.807, 2.05) is 0 Å². The highest BCUT2D eigenvalue weighted by molar-refractivity contribution is 7.90. The smallest absolute Gasteiger partial charge is 0.175 e. The van der Waals surface area contributed by atoms with Gasteiger partial charge in [-0.3, -0.25) is 0 Å². The summed E-state index contributed by atoms with van der Waals surface area (Å²) in [6.07, 6.45) is 2.08. The van der Waals surface area contributed by atoms with Crippen molar-refractivity contribution in [2.45, 2.75) is 42.8 Å². The largest absolute Gasteiger partial charge is 0.389 e. The molecule has 1 aliphatic rings. The third kappa shape index (κ3) is 5.11.